The van der Waals surface area contributed by atoms with E-state index in [1.165, 1.54) is 0 Å². The van der Waals surface area contributed by atoms with Crippen LogP contribution >= 0.6 is 0 Å². The van der Waals surface area contributed by atoms with Crippen LogP contribution in [0.5, 0.6) is 0 Å². The molecule has 1 heterocycles. The zero-order chi connectivity index (χ0) is 15.8. The predicted octanol–water partition coefficient (Wildman–Crippen LogP) is 0.892. The van der Waals surface area contributed by atoms with Crippen molar-refractivity contribution in [2.45, 2.75) is 13.8 Å². The molecule has 0 radical (unpaired) electrons. The van der Waals surface area contributed by atoms with Gasteiger partial charge in [-0.15, -0.1) is 0 Å². The summed E-state index contributed by atoms with van der Waals surface area (Å²) < 4.78 is 10.3. The Hall–Kier alpha value is -1.86. The molecule has 0 bridgehead atoms. The summed E-state index contributed by atoms with van der Waals surface area (Å²) in [5.74, 6) is 0.728. The second kappa shape index (κ2) is 8.43. The minimum absolute atomic E-state index is 0.0508. The first-order valence-corrected chi connectivity index (χ1v) is 6.74. The van der Waals surface area contributed by atoms with E-state index in [9.17, 15) is 0 Å². The first-order valence-electron chi connectivity index (χ1n) is 6.74. The van der Waals surface area contributed by atoms with Gasteiger partial charge in [0.2, 0.25) is 0 Å². The fourth-order valence-corrected chi connectivity index (χ4v) is 2.14. The van der Waals surface area contributed by atoms with Crippen LogP contribution in [-0.2, 0) is 9.47 Å². The van der Waals surface area contributed by atoms with Gasteiger partial charge in [-0.05, 0) is 25.5 Å². The van der Waals surface area contributed by atoms with Crippen molar-refractivity contribution >= 4 is 11.7 Å². The Kier molecular flexibility index (Phi) is 6.90. The van der Waals surface area contributed by atoms with Gasteiger partial charge in [0.1, 0.15) is 5.82 Å². The van der Waals surface area contributed by atoms with E-state index in [1.807, 2.05) is 24.8 Å². The van der Waals surface area contributed by atoms with E-state index >= 15 is 0 Å². The smallest absolute Gasteiger partial charge is 0.174 e. The monoisotopic (exact) mass is 296 g/mol. The first kappa shape index (κ1) is 17.2. The minimum Gasteiger partial charge on any atom is -0.409 e. The standard InChI is InChI=1S/C14H24N4O3/c1-10-9-11(2)16-14(12(10)13(15)17-19)18(5-7-20-3)6-8-21-4/h9,19H,5-8H2,1-4H3,(H2,15,17). The van der Waals surface area contributed by atoms with E-state index in [2.05, 4.69) is 10.1 Å². The Balaban J connectivity index is 3.26. The van der Waals surface area contributed by atoms with Gasteiger partial charge in [0, 0.05) is 33.0 Å². The molecule has 0 aliphatic heterocycles. The van der Waals surface area contributed by atoms with Crippen molar-refractivity contribution in [3.05, 3.63) is 22.9 Å². The van der Waals surface area contributed by atoms with Crippen LogP contribution in [0.1, 0.15) is 16.8 Å². The van der Waals surface area contributed by atoms with Gasteiger partial charge in [-0.2, -0.15) is 0 Å². The van der Waals surface area contributed by atoms with Gasteiger partial charge in [-0.25, -0.2) is 4.98 Å². The summed E-state index contributed by atoms with van der Waals surface area (Å²) in [6.07, 6.45) is 0. The number of nitrogens with zero attached hydrogens (tertiary/aromatic N) is 3. The highest BCUT2D eigenvalue weighted by Gasteiger charge is 2.18. The summed E-state index contributed by atoms with van der Waals surface area (Å²) in [5, 5.41) is 12.1. The molecule has 0 saturated carbocycles. The number of hydrogen-bond acceptors (Lipinski definition) is 6. The third-order valence-corrected chi connectivity index (χ3v) is 3.12. The van der Waals surface area contributed by atoms with E-state index < -0.39 is 0 Å². The molecular formula is C14H24N4O3. The molecule has 0 atom stereocenters. The van der Waals surface area contributed by atoms with Gasteiger partial charge in [0.05, 0.1) is 18.8 Å². The highest BCUT2D eigenvalue weighted by molar-refractivity contribution is 6.02. The van der Waals surface area contributed by atoms with Crippen molar-refractivity contribution < 1.29 is 14.7 Å². The molecule has 1 rings (SSSR count). The number of anilines is 1. The van der Waals surface area contributed by atoms with E-state index in [0.717, 1.165) is 11.3 Å². The number of aryl methyl sites for hydroxylation is 2. The molecule has 0 fully saturated rings. The highest BCUT2D eigenvalue weighted by Crippen LogP contribution is 2.22. The summed E-state index contributed by atoms with van der Waals surface area (Å²) in [7, 11) is 3.29. The lowest BCUT2D eigenvalue weighted by Gasteiger charge is -2.26. The van der Waals surface area contributed by atoms with E-state index in [4.69, 9.17) is 20.4 Å². The van der Waals surface area contributed by atoms with E-state index in [1.54, 1.807) is 14.2 Å². The highest BCUT2D eigenvalue weighted by atomic mass is 16.5. The quantitative estimate of drug-likeness (QED) is 0.320. The average Bonchev–Trinajstić information content (AvgIpc) is 2.46. The maximum absolute atomic E-state index is 9.01. The summed E-state index contributed by atoms with van der Waals surface area (Å²) in [5.41, 5.74) is 8.23. The largest absolute Gasteiger partial charge is 0.409 e. The van der Waals surface area contributed by atoms with Crippen LogP contribution in [0.4, 0.5) is 5.82 Å². The van der Waals surface area contributed by atoms with Crippen molar-refractivity contribution in [1.82, 2.24) is 4.98 Å². The third kappa shape index (κ3) is 4.57. The number of methoxy groups -OCH3 is 2. The maximum atomic E-state index is 9.01. The Morgan fingerprint density at radius 2 is 1.86 bits per heavy atom. The molecule has 3 N–H and O–H groups in total. The van der Waals surface area contributed by atoms with Crippen LogP contribution in [0.2, 0.25) is 0 Å². The zero-order valence-corrected chi connectivity index (χ0v) is 13.1. The van der Waals surface area contributed by atoms with Crippen LogP contribution in [0.3, 0.4) is 0 Å². The van der Waals surface area contributed by atoms with Gasteiger partial charge in [0.15, 0.2) is 5.84 Å². The van der Waals surface area contributed by atoms with Crippen LogP contribution in [0.25, 0.3) is 0 Å². The number of nitrogens with two attached hydrogens (primary N) is 1. The average molecular weight is 296 g/mol. The summed E-state index contributed by atoms with van der Waals surface area (Å²) in [6, 6.07) is 1.90. The molecule has 0 aliphatic carbocycles. The van der Waals surface area contributed by atoms with Gasteiger partial charge >= 0.3 is 0 Å². The topological polar surface area (TPSA) is 93.2 Å². The number of amidine groups is 1. The number of pyridine rings is 1. The minimum atomic E-state index is 0.0508. The first-order chi connectivity index (χ1) is 10.0. The SMILES string of the molecule is COCCN(CCOC)c1nc(C)cc(C)c1C(N)=NO. The Bertz CT molecular complexity index is 483. The molecule has 21 heavy (non-hydrogen) atoms. The molecule has 0 aromatic carbocycles. The lowest BCUT2D eigenvalue weighted by atomic mass is 10.1. The molecule has 0 unspecified atom stereocenters. The van der Waals surface area contributed by atoms with Crippen LogP contribution < -0.4 is 10.6 Å². The molecule has 7 nitrogen and oxygen atoms in total. The molecule has 0 spiro atoms. The van der Waals surface area contributed by atoms with E-state index in [0.29, 0.717) is 37.7 Å². The normalized spacial score (nSPS) is 11.7. The molecule has 0 aliphatic rings. The van der Waals surface area contributed by atoms with Crippen LogP contribution in [0.15, 0.2) is 11.2 Å². The van der Waals surface area contributed by atoms with Crippen molar-refractivity contribution in [2.75, 3.05) is 45.4 Å². The Morgan fingerprint density at radius 1 is 1.29 bits per heavy atom. The van der Waals surface area contributed by atoms with Gasteiger partial charge < -0.3 is 25.3 Å². The third-order valence-electron chi connectivity index (χ3n) is 3.12. The molecular weight excluding hydrogens is 272 g/mol. The molecule has 1 aromatic heterocycles. The second-order valence-corrected chi connectivity index (χ2v) is 4.74. The molecule has 0 amide bonds. The lowest BCUT2D eigenvalue weighted by Crippen LogP contribution is -2.34. The van der Waals surface area contributed by atoms with Crippen LogP contribution in [0, 0.1) is 13.8 Å². The number of ether oxygens (including phenoxy) is 2. The molecule has 118 valence electrons. The summed E-state index contributed by atoms with van der Waals surface area (Å²) >= 11 is 0. The Labute approximate surface area is 125 Å². The van der Waals surface area contributed by atoms with Crippen molar-refractivity contribution in [3.63, 3.8) is 0 Å². The molecule has 0 saturated heterocycles. The fourth-order valence-electron chi connectivity index (χ4n) is 2.14. The fraction of sp³-hybridized carbons (Fsp3) is 0.571. The van der Waals surface area contributed by atoms with E-state index in [-0.39, 0.29) is 5.84 Å². The maximum Gasteiger partial charge on any atom is 0.174 e. The number of aromatic nitrogens is 1. The summed E-state index contributed by atoms with van der Waals surface area (Å²) in [4.78, 5) is 6.57. The van der Waals surface area contributed by atoms with Crippen molar-refractivity contribution in [1.29, 1.82) is 0 Å². The molecule has 7 heteroatoms. The number of hydrogen-bond donors (Lipinski definition) is 2. The van der Waals surface area contributed by atoms with Crippen molar-refractivity contribution in [2.24, 2.45) is 10.9 Å². The van der Waals surface area contributed by atoms with Crippen LogP contribution in [-0.4, -0.2) is 56.5 Å². The molecule has 1 aromatic rings. The predicted molar refractivity (Wildman–Crippen MR) is 82.2 cm³/mol. The summed E-state index contributed by atoms with van der Waals surface area (Å²) in [6.45, 7) is 6.21. The second-order valence-electron chi connectivity index (χ2n) is 4.74. The zero-order valence-electron chi connectivity index (χ0n) is 13.1. The van der Waals surface area contributed by atoms with Gasteiger partial charge in [-0.3, -0.25) is 0 Å². The van der Waals surface area contributed by atoms with Gasteiger partial charge in [0.25, 0.3) is 0 Å². The number of rotatable bonds is 8. The van der Waals surface area contributed by atoms with Gasteiger partial charge in [-0.1, -0.05) is 5.16 Å². The lowest BCUT2D eigenvalue weighted by molar-refractivity contribution is 0.190. The number of oxime groups is 1. The van der Waals surface area contributed by atoms with Crippen molar-refractivity contribution in [3.8, 4) is 0 Å². The Morgan fingerprint density at radius 3 is 2.33 bits per heavy atom.